The molecule has 0 atom stereocenters. The molecule has 0 bridgehead atoms. The molecule has 1 heterocycles. The number of allylic oxidation sites excluding steroid dienone is 1. The highest BCUT2D eigenvalue weighted by atomic mass is 15.1. The Labute approximate surface area is 67.3 Å². The van der Waals surface area contributed by atoms with Crippen molar-refractivity contribution in [3.05, 3.63) is 30.6 Å². The molecule has 0 fully saturated rings. The lowest BCUT2D eigenvalue weighted by atomic mass is 9.84. The van der Waals surface area contributed by atoms with Crippen LogP contribution in [0.1, 0.15) is 25.8 Å². The van der Waals surface area contributed by atoms with Crippen LogP contribution in [0.4, 0.5) is 0 Å². The molecule has 0 aliphatic heterocycles. The van der Waals surface area contributed by atoms with Gasteiger partial charge in [0.05, 0.1) is 6.20 Å². The molecule has 0 aliphatic rings. The average molecular weight is 150 g/mol. The monoisotopic (exact) mass is 150 g/mol. The van der Waals surface area contributed by atoms with Gasteiger partial charge in [-0.3, -0.25) is 5.10 Å². The van der Waals surface area contributed by atoms with Crippen molar-refractivity contribution < 1.29 is 0 Å². The third kappa shape index (κ3) is 1.70. The van der Waals surface area contributed by atoms with Gasteiger partial charge in [-0.1, -0.05) is 19.9 Å². The zero-order chi connectivity index (χ0) is 8.32. The highest BCUT2D eigenvalue weighted by Crippen LogP contribution is 2.25. The smallest absolute Gasteiger partial charge is 0.0524 e. The minimum Gasteiger partial charge on any atom is -0.285 e. The average Bonchev–Trinajstić information content (AvgIpc) is 2.37. The second-order valence-electron chi connectivity index (χ2n) is 3.36. The zero-order valence-electron chi connectivity index (χ0n) is 7.09. The molecule has 60 valence electrons. The summed E-state index contributed by atoms with van der Waals surface area (Å²) < 4.78 is 0. The molecular weight excluding hydrogens is 136 g/mol. The van der Waals surface area contributed by atoms with Gasteiger partial charge >= 0.3 is 0 Å². The van der Waals surface area contributed by atoms with E-state index in [1.807, 2.05) is 18.5 Å². The van der Waals surface area contributed by atoms with E-state index < -0.39 is 0 Å². The number of rotatable bonds is 3. The Morgan fingerprint density at radius 3 is 2.91 bits per heavy atom. The van der Waals surface area contributed by atoms with Crippen LogP contribution in [0.3, 0.4) is 0 Å². The van der Waals surface area contributed by atoms with Crippen molar-refractivity contribution in [1.82, 2.24) is 10.2 Å². The van der Waals surface area contributed by atoms with Gasteiger partial charge in [-0.2, -0.15) is 5.10 Å². The summed E-state index contributed by atoms with van der Waals surface area (Å²) >= 11 is 0. The van der Waals surface area contributed by atoms with Crippen LogP contribution < -0.4 is 0 Å². The topological polar surface area (TPSA) is 28.7 Å². The van der Waals surface area contributed by atoms with Crippen LogP contribution in [0.5, 0.6) is 0 Å². The molecule has 0 aromatic carbocycles. The third-order valence-electron chi connectivity index (χ3n) is 1.93. The van der Waals surface area contributed by atoms with E-state index in [1.165, 1.54) is 5.56 Å². The minimum atomic E-state index is 0.161. The number of hydrogen-bond donors (Lipinski definition) is 1. The second-order valence-corrected chi connectivity index (χ2v) is 3.36. The van der Waals surface area contributed by atoms with Gasteiger partial charge in [0.15, 0.2) is 0 Å². The molecule has 11 heavy (non-hydrogen) atoms. The predicted molar refractivity (Wildman–Crippen MR) is 46.4 cm³/mol. The number of aromatic amines is 1. The summed E-state index contributed by atoms with van der Waals surface area (Å²) in [5.74, 6) is 0. The summed E-state index contributed by atoms with van der Waals surface area (Å²) in [5.41, 5.74) is 1.40. The van der Waals surface area contributed by atoms with Gasteiger partial charge < -0.3 is 0 Å². The van der Waals surface area contributed by atoms with E-state index >= 15 is 0 Å². The summed E-state index contributed by atoms with van der Waals surface area (Å²) in [4.78, 5) is 0. The quantitative estimate of drug-likeness (QED) is 0.658. The maximum absolute atomic E-state index is 3.91. The molecule has 1 aromatic heterocycles. The molecule has 0 spiro atoms. The fourth-order valence-electron chi connectivity index (χ4n) is 1.10. The molecule has 0 amide bonds. The van der Waals surface area contributed by atoms with Gasteiger partial charge in [-0.05, 0) is 17.4 Å². The summed E-state index contributed by atoms with van der Waals surface area (Å²) in [6, 6.07) is 0. The van der Waals surface area contributed by atoms with Crippen molar-refractivity contribution >= 4 is 0 Å². The van der Waals surface area contributed by atoms with Crippen LogP contribution in [-0.2, 0) is 5.41 Å². The summed E-state index contributed by atoms with van der Waals surface area (Å²) in [5, 5.41) is 6.72. The fourth-order valence-corrected chi connectivity index (χ4v) is 1.10. The van der Waals surface area contributed by atoms with Gasteiger partial charge in [0.25, 0.3) is 0 Å². The Morgan fingerprint density at radius 2 is 2.45 bits per heavy atom. The summed E-state index contributed by atoms with van der Waals surface area (Å²) in [6.45, 7) is 8.09. The van der Waals surface area contributed by atoms with Crippen LogP contribution in [0.2, 0.25) is 0 Å². The fraction of sp³-hybridized carbons (Fsp3) is 0.444. The molecule has 1 N–H and O–H groups in total. The van der Waals surface area contributed by atoms with Gasteiger partial charge in [0.2, 0.25) is 0 Å². The molecular formula is C9H14N2. The van der Waals surface area contributed by atoms with Crippen molar-refractivity contribution in [3.8, 4) is 0 Å². The summed E-state index contributed by atoms with van der Waals surface area (Å²) in [7, 11) is 0. The minimum absolute atomic E-state index is 0.161. The lowest BCUT2D eigenvalue weighted by Gasteiger charge is -2.20. The van der Waals surface area contributed by atoms with E-state index in [9.17, 15) is 0 Å². The Bertz CT molecular complexity index is 222. The van der Waals surface area contributed by atoms with Crippen molar-refractivity contribution in [1.29, 1.82) is 0 Å². The number of aromatic nitrogens is 2. The molecule has 2 heteroatoms. The molecule has 0 aliphatic carbocycles. The largest absolute Gasteiger partial charge is 0.285 e. The highest BCUT2D eigenvalue weighted by Gasteiger charge is 2.19. The maximum atomic E-state index is 3.91. The van der Waals surface area contributed by atoms with E-state index in [0.717, 1.165) is 6.42 Å². The van der Waals surface area contributed by atoms with Gasteiger partial charge in [0.1, 0.15) is 0 Å². The molecule has 0 unspecified atom stereocenters. The molecule has 2 nitrogen and oxygen atoms in total. The first kappa shape index (κ1) is 8.05. The highest BCUT2D eigenvalue weighted by molar-refractivity contribution is 5.17. The predicted octanol–water partition coefficient (Wildman–Crippen LogP) is 2.26. The maximum Gasteiger partial charge on any atom is 0.0524 e. The van der Waals surface area contributed by atoms with E-state index in [-0.39, 0.29) is 5.41 Å². The van der Waals surface area contributed by atoms with E-state index in [2.05, 4.69) is 30.6 Å². The third-order valence-corrected chi connectivity index (χ3v) is 1.93. The van der Waals surface area contributed by atoms with E-state index in [1.54, 1.807) is 0 Å². The Balaban J connectivity index is 2.81. The van der Waals surface area contributed by atoms with Crippen molar-refractivity contribution in [2.45, 2.75) is 25.7 Å². The van der Waals surface area contributed by atoms with Gasteiger partial charge in [-0.15, -0.1) is 6.58 Å². The Hall–Kier alpha value is -1.05. The van der Waals surface area contributed by atoms with Crippen molar-refractivity contribution in [2.24, 2.45) is 0 Å². The molecule has 0 saturated heterocycles. The Morgan fingerprint density at radius 1 is 1.73 bits per heavy atom. The van der Waals surface area contributed by atoms with Gasteiger partial charge in [0, 0.05) is 6.20 Å². The molecule has 0 saturated carbocycles. The normalized spacial score (nSPS) is 11.5. The van der Waals surface area contributed by atoms with Gasteiger partial charge in [-0.25, -0.2) is 0 Å². The molecule has 1 rings (SSSR count). The SMILES string of the molecule is C=CCC(C)(C)c1cn[nH]c1. The van der Waals surface area contributed by atoms with Crippen LogP contribution >= 0.6 is 0 Å². The van der Waals surface area contributed by atoms with Crippen molar-refractivity contribution in [3.63, 3.8) is 0 Å². The lowest BCUT2D eigenvalue weighted by Crippen LogP contribution is -2.14. The first-order valence-corrected chi connectivity index (χ1v) is 3.77. The first-order chi connectivity index (χ1) is 5.17. The molecule has 1 aromatic rings. The number of nitrogens with one attached hydrogen (secondary N) is 1. The Kier molecular flexibility index (Phi) is 2.13. The number of H-pyrrole nitrogens is 1. The van der Waals surface area contributed by atoms with E-state index in [4.69, 9.17) is 0 Å². The van der Waals surface area contributed by atoms with Crippen LogP contribution in [0.25, 0.3) is 0 Å². The van der Waals surface area contributed by atoms with Crippen LogP contribution in [0, 0.1) is 0 Å². The lowest BCUT2D eigenvalue weighted by molar-refractivity contribution is 0.535. The zero-order valence-corrected chi connectivity index (χ0v) is 7.09. The van der Waals surface area contributed by atoms with E-state index in [0.29, 0.717) is 0 Å². The van der Waals surface area contributed by atoms with Crippen LogP contribution in [-0.4, -0.2) is 10.2 Å². The standard InChI is InChI=1S/C9H14N2/c1-4-5-9(2,3)8-6-10-11-7-8/h4,6-7H,1,5H2,2-3H3,(H,10,11). The number of nitrogens with zero attached hydrogens (tertiary/aromatic N) is 1. The number of hydrogen-bond acceptors (Lipinski definition) is 1. The molecule has 0 radical (unpaired) electrons. The first-order valence-electron chi connectivity index (χ1n) is 3.77. The summed E-state index contributed by atoms with van der Waals surface area (Å²) in [6.07, 6.45) is 6.71. The second kappa shape index (κ2) is 2.91. The van der Waals surface area contributed by atoms with Crippen LogP contribution in [0.15, 0.2) is 25.0 Å². The van der Waals surface area contributed by atoms with Crippen molar-refractivity contribution in [2.75, 3.05) is 0 Å².